The molecule has 3 nitrogen and oxygen atoms in total. The molecule has 0 fully saturated rings. The Hall–Kier alpha value is -3.54. The first-order valence-corrected chi connectivity index (χ1v) is 16.9. The van der Waals surface area contributed by atoms with E-state index in [4.69, 9.17) is 0 Å². The normalized spacial score (nSPS) is 12.0. The van der Waals surface area contributed by atoms with Gasteiger partial charge in [0, 0.05) is 61.8 Å². The zero-order valence-electron chi connectivity index (χ0n) is 27.8. The maximum absolute atomic E-state index is 13.7. The largest absolute Gasteiger partial charge is 0.448 e. The fourth-order valence-corrected chi connectivity index (χ4v) is 5.32. The van der Waals surface area contributed by atoms with Gasteiger partial charge in [-0.1, -0.05) is 77.6 Å². The average Bonchev–Trinajstić information content (AvgIpc) is 3.04. The number of benzene rings is 2. The summed E-state index contributed by atoms with van der Waals surface area (Å²) in [6, 6.07) is 21.9. The van der Waals surface area contributed by atoms with E-state index in [2.05, 4.69) is 61.8 Å². The molecule has 0 amide bonds. The number of pyridine rings is 1. The van der Waals surface area contributed by atoms with Crippen molar-refractivity contribution >= 4 is 35.7 Å². The Morgan fingerprint density at radius 1 is 0.533 bits per heavy atom. The summed E-state index contributed by atoms with van der Waals surface area (Å²) in [5.74, 6) is 0. The standard InChI is InChI=1S/C39H53F3N3/c1-5-9-28-43(29-10-6-2)35-22-16-33(17-23-35)20-26-37-14-13-15-38(45(37)32-39(40,41)42)27-21-34-18-24-36(25-19-34)44(30-11-7-3)31-12-8-4/h13-27H,5-12,28-32H2,1-4H3/q+1. The van der Waals surface area contributed by atoms with Gasteiger partial charge in [0.15, 0.2) is 0 Å². The highest BCUT2D eigenvalue weighted by molar-refractivity contribution is 5.70. The molecule has 1 aromatic heterocycles. The van der Waals surface area contributed by atoms with Crippen LogP contribution in [0.2, 0.25) is 0 Å². The van der Waals surface area contributed by atoms with Crippen LogP contribution in [0.1, 0.15) is 102 Å². The lowest BCUT2D eigenvalue weighted by Crippen LogP contribution is -2.46. The maximum Gasteiger partial charge on any atom is 0.448 e. The van der Waals surface area contributed by atoms with Crippen LogP contribution in [0.5, 0.6) is 0 Å². The fourth-order valence-electron chi connectivity index (χ4n) is 5.32. The summed E-state index contributed by atoms with van der Waals surface area (Å²) in [6.45, 7) is 11.9. The Morgan fingerprint density at radius 3 is 1.20 bits per heavy atom. The van der Waals surface area contributed by atoms with Crippen LogP contribution < -0.4 is 14.4 Å². The van der Waals surface area contributed by atoms with Crippen LogP contribution in [0.3, 0.4) is 0 Å². The zero-order valence-corrected chi connectivity index (χ0v) is 27.8. The summed E-state index contributed by atoms with van der Waals surface area (Å²) >= 11 is 0. The molecule has 0 saturated carbocycles. The highest BCUT2D eigenvalue weighted by atomic mass is 19.4. The van der Waals surface area contributed by atoms with Gasteiger partial charge in [0.1, 0.15) is 0 Å². The third-order valence-electron chi connectivity index (χ3n) is 8.03. The third kappa shape index (κ3) is 12.4. The number of alkyl halides is 3. The summed E-state index contributed by atoms with van der Waals surface area (Å²) in [5, 5.41) is 0. The topological polar surface area (TPSA) is 10.4 Å². The highest BCUT2D eigenvalue weighted by Crippen LogP contribution is 2.21. The summed E-state index contributed by atoms with van der Waals surface area (Å²) in [6.07, 6.45) is 12.2. The van der Waals surface area contributed by atoms with Crippen molar-refractivity contribution in [2.24, 2.45) is 0 Å². The predicted molar refractivity (Wildman–Crippen MR) is 187 cm³/mol. The molecule has 0 saturated heterocycles. The van der Waals surface area contributed by atoms with Gasteiger partial charge in [0.2, 0.25) is 17.9 Å². The number of nitrogens with zero attached hydrogens (tertiary/aromatic N) is 3. The second-order valence-electron chi connectivity index (χ2n) is 11.8. The fraction of sp³-hybridized carbons (Fsp3) is 0.462. The van der Waals surface area contributed by atoms with Crippen molar-refractivity contribution in [2.45, 2.75) is 91.8 Å². The molecule has 45 heavy (non-hydrogen) atoms. The molecule has 0 spiro atoms. The summed E-state index contributed by atoms with van der Waals surface area (Å²) < 4.78 is 42.6. The predicted octanol–water partition coefficient (Wildman–Crippen LogP) is 10.7. The van der Waals surface area contributed by atoms with Crippen molar-refractivity contribution in [1.82, 2.24) is 0 Å². The van der Waals surface area contributed by atoms with E-state index >= 15 is 0 Å². The molecule has 0 unspecified atom stereocenters. The van der Waals surface area contributed by atoms with Crippen LogP contribution >= 0.6 is 0 Å². The van der Waals surface area contributed by atoms with Gasteiger partial charge in [0.25, 0.3) is 0 Å². The van der Waals surface area contributed by atoms with Gasteiger partial charge in [-0.15, -0.1) is 0 Å². The van der Waals surface area contributed by atoms with Gasteiger partial charge >= 0.3 is 6.18 Å². The lowest BCUT2D eigenvalue weighted by Gasteiger charge is -2.24. The zero-order chi connectivity index (χ0) is 32.5. The Morgan fingerprint density at radius 2 is 0.889 bits per heavy atom. The number of halogens is 3. The molecule has 1 heterocycles. The molecule has 0 aliphatic rings. The minimum absolute atomic E-state index is 0.504. The van der Waals surface area contributed by atoms with E-state index in [-0.39, 0.29) is 0 Å². The number of hydrogen-bond donors (Lipinski definition) is 0. The van der Waals surface area contributed by atoms with Gasteiger partial charge in [-0.3, -0.25) is 0 Å². The molecule has 244 valence electrons. The number of hydrogen-bond acceptors (Lipinski definition) is 2. The molecule has 2 aromatic carbocycles. The Balaban J connectivity index is 1.82. The van der Waals surface area contributed by atoms with E-state index in [0.29, 0.717) is 11.4 Å². The third-order valence-corrected chi connectivity index (χ3v) is 8.03. The first-order chi connectivity index (χ1) is 21.8. The molecular weight excluding hydrogens is 567 g/mol. The Bertz CT molecular complexity index is 1200. The number of aromatic nitrogens is 1. The molecule has 0 bridgehead atoms. The number of rotatable bonds is 19. The second kappa shape index (κ2) is 19.1. The quantitative estimate of drug-likeness (QED) is 0.123. The molecule has 0 radical (unpaired) electrons. The summed E-state index contributed by atoms with van der Waals surface area (Å²) in [7, 11) is 0. The Kier molecular flexibility index (Phi) is 15.2. The minimum atomic E-state index is -4.35. The lowest BCUT2D eigenvalue weighted by molar-refractivity contribution is -0.722. The highest BCUT2D eigenvalue weighted by Gasteiger charge is 2.35. The average molecular weight is 621 g/mol. The van der Waals surface area contributed by atoms with Crippen LogP contribution in [-0.2, 0) is 6.54 Å². The van der Waals surface area contributed by atoms with Crippen molar-refractivity contribution < 1.29 is 17.7 Å². The van der Waals surface area contributed by atoms with E-state index in [1.165, 1.54) is 15.9 Å². The Labute approximate surface area is 270 Å². The van der Waals surface area contributed by atoms with Crippen LogP contribution in [0.4, 0.5) is 24.5 Å². The lowest BCUT2D eigenvalue weighted by atomic mass is 10.1. The van der Waals surface area contributed by atoms with Crippen LogP contribution in [0.25, 0.3) is 24.3 Å². The first-order valence-electron chi connectivity index (χ1n) is 16.9. The smallest absolute Gasteiger partial charge is 0.372 e. The van der Waals surface area contributed by atoms with Crippen LogP contribution in [-0.4, -0.2) is 32.4 Å². The van der Waals surface area contributed by atoms with Crippen LogP contribution in [0.15, 0.2) is 66.7 Å². The molecule has 6 heteroatoms. The number of anilines is 2. The second-order valence-corrected chi connectivity index (χ2v) is 11.8. The van der Waals surface area contributed by atoms with E-state index in [9.17, 15) is 13.2 Å². The van der Waals surface area contributed by atoms with E-state index in [1.54, 1.807) is 24.3 Å². The first kappa shape index (κ1) is 35.9. The van der Waals surface area contributed by atoms with E-state index in [1.807, 2.05) is 42.5 Å². The van der Waals surface area contributed by atoms with Gasteiger partial charge in [-0.2, -0.15) is 17.7 Å². The minimum Gasteiger partial charge on any atom is -0.372 e. The van der Waals surface area contributed by atoms with Crippen LogP contribution in [0, 0.1) is 0 Å². The molecule has 0 atom stereocenters. The molecule has 0 N–H and O–H groups in total. The van der Waals surface area contributed by atoms with Gasteiger partial charge in [-0.25, -0.2) is 0 Å². The molecule has 0 aliphatic carbocycles. The maximum atomic E-state index is 13.7. The summed E-state index contributed by atoms with van der Waals surface area (Å²) in [5.41, 5.74) is 5.30. The van der Waals surface area contributed by atoms with E-state index < -0.39 is 12.7 Å². The molecule has 0 aliphatic heterocycles. The van der Waals surface area contributed by atoms with Gasteiger partial charge in [-0.05, 0) is 79.3 Å². The van der Waals surface area contributed by atoms with E-state index in [0.717, 1.165) is 88.7 Å². The van der Waals surface area contributed by atoms with Crippen molar-refractivity contribution in [3.63, 3.8) is 0 Å². The monoisotopic (exact) mass is 620 g/mol. The van der Waals surface area contributed by atoms with Gasteiger partial charge < -0.3 is 9.80 Å². The van der Waals surface area contributed by atoms with Crippen molar-refractivity contribution in [3.8, 4) is 0 Å². The van der Waals surface area contributed by atoms with Gasteiger partial charge in [0.05, 0.1) is 0 Å². The van der Waals surface area contributed by atoms with Crippen molar-refractivity contribution in [1.29, 1.82) is 0 Å². The summed E-state index contributed by atoms with van der Waals surface area (Å²) in [4.78, 5) is 4.85. The SMILES string of the molecule is CCCCN(CCCC)c1ccc(/C=C/c2cccc(/C=C/c3ccc(N(CCCC)CCCC)cc3)[n+]2CC(F)(F)F)cc1. The molecule has 3 aromatic rings. The molecular formula is C39H53F3N3+. The van der Waals surface area contributed by atoms with Crippen molar-refractivity contribution in [2.75, 3.05) is 36.0 Å². The number of unbranched alkanes of at least 4 members (excludes halogenated alkanes) is 4. The van der Waals surface area contributed by atoms with Crippen molar-refractivity contribution in [3.05, 3.63) is 89.2 Å². The molecule has 3 rings (SSSR count).